The fourth-order valence-corrected chi connectivity index (χ4v) is 4.11. The Morgan fingerprint density at radius 1 is 1.00 bits per heavy atom. The molecule has 2 saturated heterocycles. The number of nitrogens with zero attached hydrogens (tertiary/aromatic N) is 2. The first-order valence-corrected chi connectivity index (χ1v) is 10.5. The van der Waals surface area contributed by atoms with Gasteiger partial charge in [0.2, 0.25) is 17.7 Å². The molecule has 2 heterocycles. The van der Waals surface area contributed by atoms with E-state index < -0.39 is 53.8 Å². The van der Waals surface area contributed by atoms with Gasteiger partial charge in [0.1, 0.15) is 18.1 Å². The summed E-state index contributed by atoms with van der Waals surface area (Å²) in [5.41, 5.74) is 5.79. The van der Waals surface area contributed by atoms with Crippen molar-refractivity contribution in [1.82, 2.24) is 15.1 Å². The van der Waals surface area contributed by atoms with Gasteiger partial charge in [-0.25, -0.2) is 4.79 Å². The van der Waals surface area contributed by atoms with Crippen molar-refractivity contribution >= 4 is 42.3 Å². The fourth-order valence-electron chi connectivity index (χ4n) is 3.86. The Morgan fingerprint density at radius 2 is 1.57 bits per heavy atom. The maximum atomic E-state index is 12.8. The Balaban J connectivity index is 2.01. The molecule has 0 aromatic rings. The van der Waals surface area contributed by atoms with Crippen LogP contribution < -0.4 is 11.1 Å². The van der Waals surface area contributed by atoms with Crippen LogP contribution >= 0.6 is 12.6 Å². The molecule has 0 bridgehead atoms. The van der Waals surface area contributed by atoms with Crippen molar-refractivity contribution in [2.45, 2.75) is 62.7 Å². The third kappa shape index (κ3) is 5.63. The molecular formula is C18H28N4O7S. The van der Waals surface area contributed by atoms with Crippen molar-refractivity contribution in [3.8, 4) is 0 Å². The largest absolute Gasteiger partial charge is 0.481 e. The topological polar surface area (TPSA) is 170 Å². The van der Waals surface area contributed by atoms with Gasteiger partial charge in [-0.05, 0) is 32.1 Å². The minimum Gasteiger partial charge on any atom is -0.481 e. The summed E-state index contributed by atoms with van der Waals surface area (Å²) < 4.78 is 0. The number of carbonyl (C=O) groups excluding carboxylic acids is 3. The lowest BCUT2D eigenvalue weighted by Crippen LogP contribution is -2.57. The maximum absolute atomic E-state index is 12.8. The highest BCUT2D eigenvalue weighted by Crippen LogP contribution is 2.21. The molecule has 4 unspecified atom stereocenters. The van der Waals surface area contributed by atoms with Crippen LogP contribution in [0.1, 0.15) is 38.5 Å². The van der Waals surface area contributed by atoms with Crippen molar-refractivity contribution in [1.29, 1.82) is 0 Å². The van der Waals surface area contributed by atoms with Crippen LogP contribution in [0.3, 0.4) is 0 Å². The molecule has 0 spiro atoms. The number of hydrogen-bond acceptors (Lipinski definition) is 7. The normalized spacial score (nSPS) is 23.1. The van der Waals surface area contributed by atoms with E-state index in [1.807, 2.05) is 0 Å². The number of rotatable bonds is 9. The van der Waals surface area contributed by atoms with Gasteiger partial charge in [0.15, 0.2) is 0 Å². The lowest BCUT2D eigenvalue weighted by molar-refractivity contribution is -0.149. The predicted molar refractivity (Wildman–Crippen MR) is 108 cm³/mol. The van der Waals surface area contributed by atoms with E-state index in [1.165, 1.54) is 9.80 Å². The first-order valence-electron chi connectivity index (χ1n) is 9.89. The van der Waals surface area contributed by atoms with Crippen molar-refractivity contribution in [3.63, 3.8) is 0 Å². The average Bonchev–Trinajstić information content (AvgIpc) is 3.38. The highest BCUT2D eigenvalue weighted by atomic mass is 32.1. The first-order chi connectivity index (χ1) is 14.2. The van der Waals surface area contributed by atoms with Crippen molar-refractivity contribution in [3.05, 3.63) is 0 Å². The van der Waals surface area contributed by atoms with Gasteiger partial charge in [0, 0.05) is 25.3 Å². The smallest absolute Gasteiger partial charge is 0.326 e. The number of thiol groups is 1. The van der Waals surface area contributed by atoms with Crippen LogP contribution in [-0.2, 0) is 24.0 Å². The lowest BCUT2D eigenvalue weighted by atomic mass is 10.1. The van der Waals surface area contributed by atoms with Crippen LogP contribution in [0, 0.1) is 0 Å². The van der Waals surface area contributed by atoms with E-state index in [4.69, 9.17) is 10.8 Å². The number of nitrogens with two attached hydrogens (primary N) is 1. The molecule has 0 aliphatic carbocycles. The summed E-state index contributed by atoms with van der Waals surface area (Å²) in [6, 6.07) is -3.79. The number of hydrogen-bond donors (Lipinski definition) is 5. The molecule has 5 N–H and O–H groups in total. The second kappa shape index (κ2) is 10.6. The monoisotopic (exact) mass is 444 g/mol. The molecule has 0 aromatic heterocycles. The minimum absolute atomic E-state index is 0.0216. The zero-order chi connectivity index (χ0) is 22.4. The Hall–Kier alpha value is -2.34. The fraction of sp³-hybridized carbons (Fsp3) is 0.722. The molecule has 2 fully saturated rings. The van der Waals surface area contributed by atoms with Gasteiger partial charge in [0.25, 0.3) is 0 Å². The number of carbonyl (C=O) groups is 5. The number of carboxylic acids is 2. The van der Waals surface area contributed by atoms with Crippen LogP contribution in [0.2, 0.25) is 0 Å². The first kappa shape index (κ1) is 23.9. The van der Waals surface area contributed by atoms with Crippen LogP contribution in [0.5, 0.6) is 0 Å². The van der Waals surface area contributed by atoms with E-state index in [0.717, 1.165) is 0 Å². The second-order valence-electron chi connectivity index (χ2n) is 7.50. The Bertz CT molecular complexity index is 704. The standard InChI is InChI=1S/C18H28N4O7S/c19-10(5-6-14(23)24)16(26)21-7-1-3-12(21)15(25)20-11(9-30)17(27)22-8-2-4-13(22)18(28)29/h10-13,30H,1-9,19H2,(H,20,25)(H,23,24)(H,28,29). The summed E-state index contributed by atoms with van der Waals surface area (Å²) in [4.78, 5) is 62.7. The third-order valence-corrected chi connectivity index (χ3v) is 5.81. The highest BCUT2D eigenvalue weighted by Gasteiger charge is 2.40. The molecule has 30 heavy (non-hydrogen) atoms. The Kier molecular flexibility index (Phi) is 8.47. The molecule has 2 aliphatic heterocycles. The number of carboxylic acid groups (broad SMARTS) is 2. The molecule has 0 radical (unpaired) electrons. The summed E-state index contributed by atoms with van der Waals surface area (Å²) >= 11 is 4.12. The van der Waals surface area contributed by atoms with Gasteiger partial charge >= 0.3 is 11.9 Å². The molecule has 12 heteroatoms. The van der Waals surface area contributed by atoms with E-state index in [1.54, 1.807) is 0 Å². The van der Waals surface area contributed by atoms with Gasteiger partial charge in [-0.2, -0.15) is 12.6 Å². The van der Waals surface area contributed by atoms with Crippen LogP contribution in [0.15, 0.2) is 0 Å². The van der Waals surface area contributed by atoms with Crippen LogP contribution in [0.4, 0.5) is 0 Å². The molecule has 0 saturated carbocycles. The van der Waals surface area contributed by atoms with Gasteiger partial charge in [-0.1, -0.05) is 0 Å². The minimum atomic E-state index is -1.09. The molecule has 0 aromatic carbocycles. The SMILES string of the molecule is NC(CCC(=O)O)C(=O)N1CCCC1C(=O)NC(CS)C(=O)N1CCCC1C(=O)O. The van der Waals surface area contributed by atoms with E-state index in [2.05, 4.69) is 17.9 Å². The molecular weight excluding hydrogens is 416 g/mol. The Labute approximate surface area is 179 Å². The molecule has 3 amide bonds. The van der Waals surface area contributed by atoms with Crippen molar-refractivity contribution in [2.75, 3.05) is 18.8 Å². The van der Waals surface area contributed by atoms with E-state index in [-0.39, 0.29) is 18.6 Å². The summed E-state index contributed by atoms with van der Waals surface area (Å²) in [7, 11) is 0. The van der Waals surface area contributed by atoms with Crippen LogP contribution in [-0.4, -0.2) is 92.7 Å². The number of amides is 3. The molecule has 2 rings (SSSR count). The number of likely N-dealkylation sites (tertiary alicyclic amines) is 2. The van der Waals surface area contributed by atoms with E-state index in [0.29, 0.717) is 38.8 Å². The molecule has 11 nitrogen and oxygen atoms in total. The zero-order valence-electron chi connectivity index (χ0n) is 16.5. The van der Waals surface area contributed by atoms with Gasteiger partial charge in [-0.3, -0.25) is 19.2 Å². The number of aliphatic carboxylic acids is 2. The zero-order valence-corrected chi connectivity index (χ0v) is 17.4. The van der Waals surface area contributed by atoms with Gasteiger partial charge in [0.05, 0.1) is 6.04 Å². The second-order valence-corrected chi connectivity index (χ2v) is 7.87. The quantitative estimate of drug-likeness (QED) is 0.272. The molecule has 168 valence electrons. The summed E-state index contributed by atoms with van der Waals surface area (Å²) in [6.07, 6.45) is 1.58. The summed E-state index contributed by atoms with van der Waals surface area (Å²) in [6.45, 7) is 0.604. The Morgan fingerprint density at radius 3 is 2.10 bits per heavy atom. The van der Waals surface area contributed by atoms with E-state index in [9.17, 15) is 29.1 Å². The summed E-state index contributed by atoms with van der Waals surface area (Å²) in [5, 5.41) is 20.6. The summed E-state index contributed by atoms with van der Waals surface area (Å²) in [5.74, 6) is -3.74. The van der Waals surface area contributed by atoms with Crippen molar-refractivity contribution in [2.24, 2.45) is 5.73 Å². The van der Waals surface area contributed by atoms with E-state index >= 15 is 0 Å². The third-order valence-electron chi connectivity index (χ3n) is 5.44. The number of nitrogens with one attached hydrogen (secondary N) is 1. The van der Waals surface area contributed by atoms with Gasteiger partial charge in [-0.15, -0.1) is 0 Å². The van der Waals surface area contributed by atoms with Crippen molar-refractivity contribution < 1.29 is 34.2 Å². The van der Waals surface area contributed by atoms with Crippen LogP contribution in [0.25, 0.3) is 0 Å². The van der Waals surface area contributed by atoms with Gasteiger partial charge < -0.3 is 31.1 Å². The lowest BCUT2D eigenvalue weighted by Gasteiger charge is -2.30. The average molecular weight is 445 g/mol. The molecule has 2 aliphatic rings. The molecule has 4 atom stereocenters. The highest BCUT2D eigenvalue weighted by molar-refractivity contribution is 7.80. The predicted octanol–water partition coefficient (Wildman–Crippen LogP) is -1.34. The maximum Gasteiger partial charge on any atom is 0.326 e.